The Bertz CT molecular complexity index is 1140. The summed E-state index contributed by atoms with van der Waals surface area (Å²) >= 11 is 0. The van der Waals surface area contributed by atoms with Gasteiger partial charge in [-0.15, -0.1) is 0 Å². The molecule has 410 valence electrons. The van der Waals surface area contributed by atoms with E-state index in [1.165, 1.54) is 57.4 Å². The monoisotopic (exact) mass is 1130 g/mol. The van der Waals surface area contributed by atoms with Gasteiger partial charge in [0.05, 0.1) is 13.2 Å². The maximum absolute atomic E-state index is 7.72. The van der Waals surface area contributed by atoms with Gasteiger partial charge >= 0.3 is 35.2 Å². The summed E-state index contributed by atoms with van der Waals surface area (Å²) in [5.74, 6) is 0. The molecule has 68 heavy (non-hydrogen) atoms. The van der Waals surface area contributed by atoms with Gasteiger partial charge in [0.2, 0.25) is 0 Å². The van der Waals surface area contributed by atoms with Crippen molar-refractivity contribution in [1.29, 1.82) is 0 Å². The van der Waals surface area contributed by atoms with Crippen LogP contribution in [0.2, 0.25) is 120 Å². The van der Waals surface area contributed by atoms with Gasteiger partial charge in [-0.3, -0.25) is 0 Å². The fraction of sp³-hybridized carbons (Fsp3) is 1.00. The van der Waals surface area contributed by atoms with Gasteiger partial charge in [0.25, 0.3) is 0 Å². The number of hydrogen-bond donors (Lipinski definition) is 0. The van der Waals surface area contributed by atoms with Gasteiger partial charge in [0, 0.05) is 88.2 Å². The minimum atomic E-state index is -3.37. The molecular formula is C44H108O15Si9. The van der Waals surface area contributed by atoms with Crippen molar-refractivity contribution in [3.63, 3.8) is 0 Å². The summed E-state index contributed by atoms with van der Waals surface area (Å²) in [5.41, 5.74) is 0. The van der Waals surface area contributed by atoms with Crippen LogP contribution in [0.15, 0.2) is 0 Å². The molecule has 0 aromatic carbocycles. The van der Waals surface area contributed by atoms with Crippen LogP contribution < -0.4 is 0 Å². The van der Waals surface area contributed by atoms with Gasteiger partial charge in [0.15, 0.2) is 41.6 Å². The normalized spacial score (nSPS) is 14.1. The molecule has 0 aromatic heterocycles. The molecule has 0 fully saturated rings. The first-order valence-electron chi connectivity index (χ1n) is 25.8. The largest absolute Gasteiger partial charge is 0.500 e. The maximum Gasteiger partial charge on any atom is 0.500 e. The Balaban J connectivity index is 6.47. The lowest BCUT2D eigenvalue weighted by molar-refractivity contribution is -0.291. The highest BCUT2D eigenvalue weighted by molar-refractivity contribution is 6.91. The van der Waals surface area contributed by atoms with Crippen molar-refractivity contribution in [2.24, 2.45) is 0 Å². The first-order valence-corrected chi connectivity index (χ1v) is 49.1. The molecule has 24 heteroatoms. The van der Waals surface area contributed by atoms with Crippen LogP contribution in [0.5, 0.6) is 0 Å². The zero-order chi connectivity index (χ0) is 52.1. The van der Waals surface area contributed by atoms with Crippen LogP contribution in [0.25, 0.3) is 0 Å². The molecule has 0 aliphatic heterocycles. The fourth-order valence-corrected chi connectivity index (χ4v) is 42.5. The predicted octanol–water partition coefficient (Wildman–Crippen LogP) is 12.7. The molecule has 0 N–H and O–H groups in total. The molecule has 0 saturated heterocycles. The zero-order valence-corrected chi connectivity index (χ0v) is 56.6. The van der Waals surface area contributed by atoms with Crippen LogP contribution in [-0.2, 0) is 66.1 Å². The molecule has 0 unspecified atom stereocenters. The van der Waals surface area contributed by atoms with Gasteiger partial charge in [0.1, 0.15) is 0 Å². The quantitative estimate of drug-likeness (QED) is 0.0247. The minimum Gasteiger partial charge on any atom is -0.455 e. The molecule has 0 heterocycles. The van der Waals surface area contributed by atoms with Crippen LogP contribution in [0, 0.1) is 0 Å². The Morgan fingerprint density at radius 2 is 0.471 bits per heavy atom. The van der Waals surface area contributed by atoms with E-state index in [0.717, 1.165) is 62.3 Å². The highest BCUT2D eigenvalue weighted by Gasteiger charge is 2.53. The van der Waals surface area contributed by atoms with Crippen molar-refractivity contribution in [3.8, 4) is 0 Å². The van der Waals surface area contributed by atoms with Crippen molar-refractivity contribution in [3.05, 3.63) is 0 Å². The first-order chi connectivity index (χ1) is 31.8. The lowest BCUT2D eigenvalue weighted by Gasteiger charge is -2.45. The van der Waals surface area contributed by atoms with Crippen LogP contribution in [0.1, 0.15) is 90.4 Å². The average molecular weight is 1130 g/mol. The molecule has 0 bridgehead atoms. The second kappa shape index (κ2) is 34.8. The van der Waals surface area contributed by atoms with Crippen molar-refractivity contribution in [2.45, 2.75) is 210 Å². The van der Waals surface area contributed by atoms with E-state index in [2.05, 4.69) is 65.5 Å². The molecular weight excluding hydrogens is 1020 g/mol. The van der Waals surface area contributed by atoms with E-state index in [9.17, 15) is 0 Å². The Morgan fingerprint density at radius 1 is 0.235 bits per heavy atom. The lowest BCUT2D eigenvalue weighted by atomic mass is 10.1. The van der Waals surface area contributed by atoms with E-state index in [-0.39, 0.29) is 0 Å². The molecule has 0 aliphatic rings. The summed E-state index contributed by atoms with van der Waals surface area (Å²) < 4.78 is 82.8. The average Bonchev–Trinajstić information content (AvgIpc) is 3.26. The number of hydrogen-bond acceptors (Lipinski definition) is 15. The molecule has 0 spiro atoms. The Labute approximate surface area is 428 Å². The van der Waals surface area contributed by atoms with E-state index < -0.39 is 76.8 Å². The molecule has 0 aromatic rings. The van der Waals surface area contributed by atoms with Gasteiger partial charge < -0.3 is 56.3 Å². The molecule has 0 radical (unpaired) electrons. The van der Waals surface area contributed by atoms with Gasteiger partial charge in [-0.25, -0.2) is 9.78 Å². The smallest absolute Gasteiger partial charge is 0.455 e. The van der Waals surface area contributed by atoms with E-state index >= 15 is 0 Å². The molecule has 0 atom stereocenters. The summed E-state index contributed by atoms with van der Waals surface area (Å²) in [6, 6.07) is 7.80. The highest BCUT2D eigenvalue weighted by atomic mass is 28.5. The van der Waals surface area contributed by atoms with E-state index in [4.69, 9.17) is 66.1 Å². The van der Waals surface area contributed by atoms with Crippen LogP contribution in [0.3, 0.4) is 0 Å². The SMILES string of the molecule is CCOOCCCCCCCCCCC[Si](C)(C)O[Si](C)(C)CCC[Si](O[Si](C)(C)CCC[Si](OC)(OC)OC)(O[Si](C)(C)CCC[Si](OC)(OC)OC)O[Si](C)(C)CCC[Si](OC)(OC)OC. The van der Waals surface area contributed by atoms with Gasteiger partial charge in [-0.05, 0) is 135 Å². The summed E-state index contributed by atoms with van der Waals surface area (Å²) in [4.78, 5) is 10.1. The summed E-state index contributed by atoms with van der Waals surface area (Å²) in [6.07, 6.45) is 14.9. The summed E-state index contributed by atoms with van der Waals surface area (Å²) in [6.45, 7) is 26.9. The van der Waals surface area contributed by atoms with Crippen LogP contribution in [-0.4, -0.2) is 154 Å². The summed E-state index contributed by atoms with van der Waals surface area (Å²) in [5, 5.41) is 0. The van der Waals surface area contributed by atoms with Crippen LogP contribution in [0.4, 0.5) is 0 Å². The van der Waals surface area contributed by atoms with Crippen molar-refractivity contribution in [1.82, 2.24) is 0 Å². The van der Waals surface area contributed by atoms with Crippen molar-refractivity contribution < 1.29 is 66.1 Å². The number of unbranched alkanes of at least 4 members (excludes halogenated alkanes) is 8. The molecule has 0 amide bonds. The highest BCUT2D eigenvalue weighted by Crippen LogP contribution is 2.38. The van der Waals surface area contributed by atoms with Crippen LogP contribution >= 0.6 is 0 Å². The zero-order valence-electron chi connectivity index (χ0n) is 47.6. The molecule has 0 aliphatic carbocycles. The molecule has 0 saturated carbocycles. The third-order valence-electron chi connectivity index (χ3n) is 12.9. The van der Waals surface area contributed by atoms with E-state index in [1.54, 1.807) is 64.0 Å². The topological polar surface area (TPSA) is 138 Å². The van der Waals surface area contributed by atoms with Gasteiger partial charge in [-0.1, -0.05) is 51.4 Å². The second-order valence-electron chi connectivity index (χ2n) is 21.4. The minimum absolute atomic E-state index is 0.608. The maximum atomic E-state index is 7.72. The number of rotatable bonds is 47. The van der Waals surface area contributed by atoms with Gasteiger partial charge in [-0.2, -0.15) is 0 Å². The Hall–Kier alpha value is 1.35. The predicted molar refractivity (Wildman–Crippen MR) is 299 cm³/mol. The second-order valence-corrected chi connectivity index (χ2v) is 55.9. The lowest BCUT2D eigenvalue weighted by Crippen LogP contribution is -2.62. The third kappa shape index (κ3) is 29.4. The first kappa shape index (κ1) is 69.4. The summed E-state index contributed by atoms with van der Waals surface area (Å²) in [7, 11) is -7.71. The van der Waals surface area contributed by atoms with Crippen molar-refractivity contribution >= 4 is 76.8 Å². The standard InChI is InChI=1S/C44H108O15Si9/c1-21-54-55-35-29-27-25-23-22-24-26-28-30-36-60(11,12)56-61(13,14)37-34-44-68(57-62(15,16)38-31-41-65(45-2,46-3)47-4,58-63(17,18)39-32-42-66(48-5,49-6)50-7)59-64(19,20)40-33-43-67(51-8,52-9)53-10/h21-44H2,1-20H3. The van der Waals surface area contributed by atoms with E-state index in [0.29, 0.717) is 31.3 Å². The Kier molecular flexibility index (Phi) is 35.5. The Morgan fingerprint density at radius 3 is 0.750 bits per heavy atom. The fourth-order valence-electron chi connectivity index (χ4n) is 9.16. The molecule has 0 rings (SSSR count). The van der Waals surface area contributed by atoms with Crippen molar-refractivity contribution in [2.75, 3.05) is 77.2 Å². The van der Waals surface area contributed by atoms with E-state index in [1.807, 2.05) is 6.92 Å². The molecule has 15 nitrogen and oxygen atoms in total. The third-order valence-corrected chi connectivity index (χ3v) is 44.9.